The van der Waals surface area contributed by atoms with Crippen molar-refractivity contribution in [1.29, 1.82) is 0 Å². The molecule has 15 heavy (non-hydrogen) atoms. The second-order valence-electron chi connectivity index (χ2n) is 4.60. The van der Waals surface area contributed by atoms with Crippen LogP contribution in [0.15, 0.2) is 0 Å². The molecule has 3 nitrogen and oxygen atoms in total. The Morgan fingerprint density at radius 1 is 1.47 bits per heavy atom. The second kappa shape index (κ2) is 6.74. The van der Waals surface area contributed by atoms with Gasteiger partial charge in [-0.3, -0.25) is 4.90 Å². The number of nitrogens with zero attached hydrogens (tertiary/aromatic N) is 1. The summed E-state index contributed by atoms with van der Waals surface area (Å²) in [7, 11) is 0. The van der Waals surface area contributed by atoms with Crippen LogP contribution >= 0.6 is 11.8 Å². The highest BCUT2D eigenvalue weighted by Gasteiger charge is 2.21. The molecule has 0 radical (unpaired) electrons. The summed E-state index contributed by atoms with van der Waals surface area (Å²) in [6, 6.07) is 0.926. The standard InChI is InChI=1S/C11H24N2OS/c1-9(2)13-4-5-14-11(6-13)8-15-7-10(3)12/h9-11H,4-8,12H2,1-3H3. The van der Waals surface area contributed by atoms with Gasteiger partial charge in [0, 0.05) is 36.7 Å². The zero-order valence-electron chi connectivity index (χ0n) is 10.1. The van der Waals surface area contributed by atoms with Crippen molar-refractivity contribution in [3.8, 4) is 0 Å². The van der Waals surface area contributed by atoms with Crippen molar-refractivity contribution >= 4 is 11.8 Å². The van der Waals surface area contributed by atoms with Crippen LogP contribution in [0.4, 0.5) is 0 Å². The van der Waals surface area contributed by atoms with Gasteiger partial charge in [0.15, 0.2) is 0 Å². The Kier molecular flexibility index (Phi) is 5.97. The molecule has 2 unspecified atom stereocenters. The number of hydrogen-bond acceptors (Lipinski definition) is 4. The molecule has 0 aromatic heterocycles. The third-order valence-corrected chi connectivity index (χ3v) is 3.95. The topological polar surface area (TPSA) is 38.5 Å². The summed E-state index contributed by atoms with van der Waals surface area (Å²) in [5, 5.41) is 0. The number of ether oxygens (including phenoxy) is 1. The highest BCUT2D eigenvalue weighted by atomic mass is 32.2. The lowest BCUT2D eigenvalue weighted by Gasteiger charge is -2.35. The normalized spacial score (nSPS) is 25.8. The van der Waals surface area contributed by atoms with Gasteiger partial charge in [-0.15, -0.1) is 0 Å². The van der Waals surface area contributed by atoms with E-state index in [1.54, 1.807) is 0 Å². The summed E-state index contributed by atoms with van der Waals surface area (Å²) in [4.78, 5) is 2.49. The van der Waals surface area contributed by atoms with Crippen LogP contribution in [0.25, 0.3) is 0 Å². The van der Waals surface area contributed by atoms with Gasteiger partial charge in [-0.1, -0.05) is 0 Å². The Bertz CT molecular complexity index is 176. The molecular formula is C11H24N2OS. The van der Waals surface area contributed by atoms with Crippen molar-refractivity contribution in [3.63, 3.8) is 0 Å². The number of nitrogens with two attached hydrogens (primary N) is 1. The molecule has 1 saturated heterocycles. The van der Waals surface area contributed by atoms with Crippen LogP contribution < -0.4 is 5.73 Å². The van der Waals surface area contributed by atoms with Crippen molar-refractivity contribution in [1.82, 2.24) is 4.90 Å². The third kappa shape index (κ3) is 5.20. The van der Waals surface area contributed by atoms with Crippen molar-refractivity contribution in [2.45, 2.75) is 39.0 Å². The van der Waals surface area contributed by atoms with Gasteiger partial charge >= 0.3 is 0 Å². The first kappa shape index (κ1) is 13.3. The maximum atomic E-state index is 5.74. The molecule has 0 bridgehead atoms. The van der Waals surface area contributed by atoms with Crippen LogP contribution in [0.5, 0.6) is 0 Å². The minimum absolute atomic E-state index is 0.291. The summed E-state index contributed by atoms with van der Waals surface area (Å²) in [6.45, 7) is 9.57. The van der Waals surface area contributed by atoms with E-state index in [1.165, 1.54) is 0 Å². The average Bonchev–Trinajstić information content (AvgIpc) is 2.17. The second-order valence-corrected chi connectivity index (χ2v) is 5.67. The van der Waals surface area contributed by atoms with Crippen LogP contribution in [0.1, 0.15) is 20.8 Å². The van der Waals surface area contributed by atoms with Crippen LogP contribution in [0.3, 0.4) is 0 Å². The highest BCUT2D eigenvalue weighted by Crippen LogP contribution is 2.13. The lowest BCUT2D eigenvalue weighted by atomic mass is 10.2. The summed E-state index contributed by atoms with van der Waals surface area (Å²) < 4.78 is 5.74. The van der Waals surface area contributed by atoms with Gasteiger partial charge in [0.2, 0.25) is 0 Å². The first-order valence-corrected chi connectivity index (χ1v) is 6.94. The Hall–Kier alpha value is 0.230. The number of thioether (sulfide) groups is 1. The zero-order valence-corrected chi connectivity index (χ0v) is 10.9. The van der Waals surface area contributed by atoms with E-state index in [1.807, 2.05) is 11.8 Å². The van der Waals surface area contributed by atoms with E-state index in [0.717, 1.165) is 31.2 Å². The van der Waals surface area contributed by atoms with Crippen LogP contribution in [-0.4, -0.2) is 54.3 Å². The first-order chi connectivity index (χ1) is 7.09. The fourth-order valence-corrected chi connectivity index (χ4v) is 2.67. The van der Waals surface area contributed by atoms with E-state index >= 15 is 0 Å². The van der Waals surface area contributed by atoms with E-state index in [9.17, 15) is 0 Å². The lowest BCUT2D eigenvalue weighted by molar-refractivity contribution is -0.0265. The molecule has 0 saturated carbocycles. The van der Waals surface area contributed by atoms with Crippen LogP contribution in [0.2, 0.25) is 0 Å². The quantitative estimate of drug-likeness (QED) is 0.772. The average molecular weight is 232 g/mol. The molecule has 0 amide bonds. The van der Waals surface area contributed by atoms with Gasteiger partial charge in [0.25, 0.3) is 0 Å². The predicted molar refractivity (Wildman–Crippen MR) is 67.4 cm³/mol. The molecule has 0 aromatic rings. The van der Waals surface area contributed by atoms with E-state index < -0.39 is 0 Å². The fraction of sp³-hybridized carbons (Fsp3) is 1.00. The third-order valence-electron chi connectivity index (χ3n) is 2.58. The molecule has 1 aliphatic rings. The molecule has 0 aliphatic carbocycles. The SMILES string of the molecule is CC(N)CSCC1CN(C(C)C)CCO1. The minimum atomic E-state index is 0.291. The summed E-state index contributed by atoms with van der Waals surface area (Å²) >= 11 is 1.90. The first-order valence-electron chi connectivity index (χ1n) is 5.78. The van der Waals surface area contributed by atoms with Gasteiger partial charge in [-0.25, -0.2) is 0 Å². The summed E-state index contributed by atoms with van der Waals surface area (Å²) in [6.07, 6.45) is 0.393. The lowest BCUT2D eigenvalue weighted by Crippen LogP contribution is -2.46. The van der Waals surface area contributed by atoms with Gasteiger partial charge in [-0.2, -0.15) is 11.8 Å². The zero-order chi connectivity index (χ0) is 11.3. The molecule has 1 fully saturated rings. The summed E-state index contributed by atoms with van der Waals surface area (Å²) in [5.41, 5.74) is 5.71. The minimum Gasteiger partial charge on any atom is -0.375 e. The molecular weight excluding hydrogens is 208 g/mol. The van der Waals surface area contributed by atoms with Crippen LogP contribution in [0, 0.1) is 0 Å². The van der Waals surface area contributed by atoms with Crippen molar-refractivity contribution < 1.29 is 4.74 Å². The van der Waals surface area contributed by atoms with Crippen molar-refractivity contribution in [2.24, 2.45) is 5.73 Å². The molecule has 4 heteroatoms. The Labute approximate surface area is 97.7 Å². The Morgan fingerprint density at radius 3 is 2.80 bits per heavy atom. The maximum absolute atomic E-state index is 5.74. The molecule has 2 N–H and O–H groups in total. The molecule has 0 aromatic carbocycles. The van der Waals surface area contributed by atoms with Gasteiger partial charge in [-0.05, 0) is 20.8 Å². The Balaban J connectivity index is 2.18. The van der Waals surface area contributed by atoms with E-state index in [2.05, 4.69) is 25.7 Å². The van der Waals surface area contributed by atoms with E-state index in [-0.39, 0.29) is 0 Å². The molecule has 1 rings (SSSR count). The maximum Gasteiger partial charge on any atom is 0.0792 e. The van der Waals surface area contributed by atoms with Crippen LogP contribution in [-0.2, 0) is 4.74 Å². The van der Waals surface area contributed by atoms with Crippen molar-refractivity contribution in [2.75, 3.05) is 31.2 Å². The smallest absolute Gasteiger partial charge is 0.0792 e. The van der Waals surface area contributed by atoms with Gasteiger partial charge in [0.1, 0.15) is 0 Å². The predicted octanol–water partition coefficient (Wildman–Crippen LogP) is 1.18. The van der Waals surface area contributed by atoms with Gasteiger partial charge < -0.3 is 10.5 Å². The van der Waals surface area contributed by atoms with Crippen molar-refractivity contribution in [3.05, 3.63) is 0 Å². The molecule has 90 valence electrons. The monoisotopic (exact) mass is 232 g/mol. The number of hydrogen-bond donors (Lipinski definition) is 1. The Morgan fingerprint density at radius 2 is 2.20 bits per heavy atom. The number of rotatable bonds is 5. The number of morpholine rings is 1. The van der Waals surface area contributed by atoms with E-state index in [4.69, 9.17) is 10.5 Å². The molecule has 2 atom stereocenters. The molecule has 0 spiro atoms. The highest BCUT2D eigenvalue weighted by molar-refractivity contribution is 7.99. The fourth-order valence-electron chi connectivity index (χ4n) is 1.70. The van der Waals surface area contributed by atoms with E-state index in [0.29, 0.717) is 18.2 Å². The largest absolute Gasteiger partial charge is 0.375 e. The molecule has 1 heterocycles. The summed E-state index contributed by atoms with van der Waals surface area (Å²) in [5.74, 6) is 2.10. The molecule has 1 aliphatic heterocycles. The van der Waals surface area contributed by atoms with Gasteiger partial charge in [0.05, 0.1) is 12.7 Å².